The first kappa shape index (κ1) is 14.2. The largest absolute Gasteiger partial charge is 0.454 e. The van der Waals surface area contributed by atoms with Crippen molar-refractivity contribution in [2.45, 2.75) is 6.42 Å². The van der Waals surface area contributed by atoms with E-state index in [1.807, 2.05) is 0 Å². The van der Waals surface area contributed by atoms with Crippen molar-refractivity contribution in [3.63, 3.8) is 0 Å². The fourth-order valence-corrected chi connectivity index (χ4v) is 2.59. The number of ether oxygens (including phenoxy) is 3. The Bertz CT molecular complexity index is 500. The Hall–Kier alpha value is -1.79. The van der Waals surface area contributed by atoms with Gasteiger partial charge in [0.15, 0.2) is 11.5 Å². The zero-order valence-electron chi connectivity index (χ0n) is 12.0. The fraction of sp³-hybridized carbons (Fsp3) is 0.533. The fourth-order valence-electron chi connectivity index (χ4n) is 2.59. The van der Waals surface area contributed by atoms with Crippen LogP contribution in [0.25, 0.3) is 0 Å². The zero-order valence-corrected chi connectivity index (χ0v) is 12.0. The van der Waals surface area contributed by atoms with E-state index in [1.165, 1.54) is 0 Å². The third-order valence-electron chi connectivity index (χ3n) is 3.83. The lowest BCUT2D eigenvalue weighted by atomic mass is 10.2. The van der Waals surface area contributed by atoms with Crippen molar-refractivity contribution in [3.05, 3.63) is 23.8 Å². The number of nitrogens with one attached hydrogen (secondary N) is 2. The average Bonchev–Trinajstić information content (AvgIpc) is 3.00. The Balaban J connectivity index is 1.41. The Morgan fingerprint density at radius 3 is 2.86 bits per heavy atom. The molecule has 0 aliphatic carbocycles. The molecule has 1 saturated heterocycles. The lowest BCUT2D eigenvalue weighted by molar-refractivity contribution is -0.908. The zero-order chi connectivity index (χ0) is 14.5. The van der Waals surface area contributed by atoms with Crippen LogP contribution >= 0.6 is 0 Å². The second-order valence-electron chi connectivity index (χ2n) is 5.29. The molecule has 6 heteroatoms. The van der Waals surface area contributed by atoms with Gasteiger partial charge in [-0.1, -0.05) is 0 Å². The third kappa shape index (κ3) is 3.65. The lowest BCUT2D eigenvalue weighted by Crippen LogP contribution is -3.14. The maximum absolute atomic E-state index is 12.1. The second kappa shape index (κ2) is 6.78. The summed E-state index contributed by atoms with van der Waals surface area (Å²) in [5.41, 5.74) is 0.609. The molecule has 114 valence electrons. The average molecular weight is 293 g/mol. The molecule has 1 fully saturated rings. The standard InChI is InChI=1S/C15H20N2O4/c18-15(12-2-3-13-14(10-12)21-11-20-13)16-4-1-5-17-6-8-19-9-7-17/h2-3,10H,1,4-9,11H2,(H,16,18)/p+1. The van der Waals surface area contributed by atoms with E-state index in [0.717, 1.165) is 39.3 Å². The van der Waals surface area contributed by atoms with Gasteiger partial charge in [-0.2, -0.15) is 0 Å². The van der Waals surface area contributed by atoms with Gasteiger partial charge in [-0.3, -0.25) is 4.79 Å². The molecule has 6 nitrogen and oxygen atoms in total. The SMILES string of the molecule is O=C(NCCC[NH+]1CCOCC1)c1ccc2c(c1)OCO2. The van der Waals surface area contributed by atoms with Crippen molar-refractivity contribution in [3.8, 4) is 11.5 Å². The van der Waals surface area contributed by atoms with Crippen molar-refractivity contribution in [1.29, 1.82) is 0 Å². The molecule has 0 atom stereocenters. The highest BCUT2D eigenvalue weighted by atomic mass is 16.7. The highest BCUT2D eigenvalue weighted by Gasteiger charge is 2.16. The molecule has 2 N–H and O–H groups in total. The van der Waals surface area contributed by atoms with E-state index in [4.69, 9.17) is 14.2 Å². The summed E-state index contributed by atoms with van der Waals surface area (Å²) in [5, 5.41) is 2.95. The number of hydrogen-bond donors (Lipinski definition) is 2. The van der Waals surface area contributed by atoms with Crippen LogP contribution in [0.2, 0.25) is 0 Å². The van der Waals surface area contributed by atoms with Crippen LogP contribution in [0.1, 0.15) is 16.8 Å². The van der Waals surface area contributed by atoms with E-state index in [9.17, 15) is 4.79 Å². The van der Waals surface area contributed by atoms with Crippen LogP contribution in [0.15, 0.2) is 18.2 Å². The van der Waals surface area contributed by atoms with Gasteiger partial charge in [0.1, 0.15) is 13.1 Å². The number of quaternary nitrogens is 1. The van der Waals surface area contributed by atoms with Gasteiger partial charge in [0, 0.05) is 18.5 Å². The molecule has 2 aliphatic rings. The van der Waals surface area contributed by atoms with Gasteiger partial charge in [-0.15, -0.1) is 0 Å². The van der Waals surface area contributed by atoms with Gasteiger partial charge in [-0.05, 0) is 18.2 Å². The van der Waals surface area contributed by atoms with Crippen LogP contribution in [0.5, 0.6) is 11.5 Å². The van der Waals surface area contributed by atoms with E-state index < -0.39 is 0 Å². The summed E-state index contributed by atoms with van der Waals surface area (Å²) in [5.74, 6) is 1.27. The maximum atomic E-state index is 12.1. The van der Waals surface area contributed by atoms with Crippen molar-refractivity contribution >= 4 is 5.91 Å². The summed E-state index contributed by atoms with van der Waals surface area (Å²) in [6, 6.07) is 5.26. The van der Waals surface area contributed by atoms with E-state index in [2.05, 4.69) is 5.32 Å². The van der Waals surface area contributed by atoms with Gasteiger partial charge >= 0.3 is 0 Å². The molecule has 0 unspecified atom stereocenters. The molecule has 0 bridgehead atoms. The van der Waals surface area contributed by atoms with E-state index in [0.29, 0.717) is 23.6 Å². The molecule has 3 rings (SSSR count). The van der Waals surface area contributed by atoms with Crippen LogP contribution < -0.4 is 19.7 Å². The minimum Gasteiger partial charge on any atom is -0.454 e. The molecule has 21 heavy (non-hydrogen) atoms. The lowest BCUT2D eigenvalue weighted by Gasteiger charge is -2.23. The van der Waals surface area contributed by atoms with Crippen molar-refractivity contribution in [2.24, 2.45) is 0 Å². The number of amides is 1. The number of fused-ring (bicyclic) bond motifs is 1. The smallest absolute Gasteiger partial charge is 0.251 e. The molecular formula is C15H21N2O4+. The Morgan fingerprint density at radius 1 is 1.19 bits per heavy atom. The minimum atomic E-state index is -0.0646. The third-order valence-corrected chi connectivity index (χ3v) is 3.83. The Kier molecular flexibility index (Phi) is 4.57. The molecule has 0 radical (unpaired) electrons. The molecule has 0 saturated carbocycles. The number of carbonyl (C=O) groups is 1. The second-order valence-corrected chi connectivity index (χ2v) is 5.29. The summed E-state index contributed by atoms with van der Waals surface area (Å²) in [7, 11) is 0. The maximum Gasteiger partial charge on any atom is 0.251 e. The van der Waals surface area contributed by atoms with E-state index in [1.54, 1.807) is 23.1 Å². The van der Waals surface area contributed by atoms with Crippen LogP contribution in [-0.2, 0) is 4.74 Å². The Labute approximate surface area is 124 Å². The highest BCUT2D eigenvalue weighted by molar-refractivity contribution is 5.94. The van der Waals surface area contributed by atoms with E-state index >= 15 is 0 Å². The number of benzene rings is 1. The first-order valence-electron chi connectivity index (χ1n) is 7.42. The van der Waals surface area contributed by atoms with Crippen LogP contribution in [0, 0.1) is 0 Å². The summed E-state index contributed by atoms with van der Waals surface area (Å²) in [6.45, 7) is 5.81. The monoisotopic (exact) mass is 293 g/mol. The normalized spacial score (nSPS) is 17.7. The number of morpholine rings is 1. The van der Waals surface area contributed by atoms with Gasteiger partial charge in [0.2, 0.25) is 6.79 Å². The Morgan fingerprint density at radius 2 is 2.00 bits per heavy atom. The summed E-state index contributed by atoms with van der Waals surface area (Å²) in [6.07, 6.45) is 0.978. The molecule has 2 heterocycles. The molecule has 1 aromatic rings. The van der Waals surface area contributed by atoms with Gasteiger partial charge in [0.25, 0.3) is 5.91 Å². The summed E-state index contributed by atoms with van der Waals surface area (Å²) >= 11 is 0. The number of rotatable bonds is 5. The van der Waals surface area contributed by atoms with E-state index in [-0.39, 0.29) is 12.7 Å². The molecular weight excluding hydrogens is 272 g/mol. The number of carbonyl (C=O) groups excluding carboxylic acids is 1. The van der Waals surface area contributed by atoms with Crippen molar-refractivity contribution in [2.75, 3.05) is 46.2 Å². The number of hydrogen-bond acceptors (Lipinski definition) is 4. The van der Waals surface area contributed by atoms with Crippen LogP contribution in [0.4, 0.5) is 0 Å². The predicted octanol–water partition coefficient (Wildman–Crippen LogP) is -0.550. The first-order chi connectivity index (χ1) is 10.3. The molecule has 1 aromatic carbocycles. The van der Waals surface area contributed by atoms with Gasteiger partial charge < -0.3 is 24.4 Å². The molecule has 0 spiro atoms. The quantitative estimate of drug-likeness (QED) is 0.715. The van der Waals surface area contributed by atoms with Crippen LogP contribution in [-0.4, -0.2) is 52.1 Å². The summed E-state index contributed by atoms with van der Waals surface area (Å²) < 4.78 is 15.8. The van der Waals surface area contributed by atoms with Crippen molar-refractivity contribution in [1.82, 2.24) is 5.32 Å². The highest BCUT2D eigenvalue weighted by Crippen LogP contribution is 2.32. The van der Waals surface area contributed by atoms with Crippen molar-refractivity contribution < 1.29 is 23.9 Å². The first-order valence-corrected chi connectivity index (χ1v) is 7.42. The topological polar surface area (TPSA) is 61.2 Å². The van der Waals surface area contributed by atoms with Gasteiger partial charge in [-0.25, -0.2) is 0 Å². The summed E-state index contributed by atoms with van der Waals surface area (Å²) in [4.78, 5) is 13.6. The molecule has 2 aliphatic heterocycles. The molecule has 0 aromatic heterocycles. The van der Waals surface area contributed by atoms with Gasteiger partial charge in [0.05, 0.1) is 19.8 Å². The predicted molar refractivity (Wildman–Crippen MR) is 75.9 cm³/mol. The minimum absolute atomic E-state index is 0.0646. The van der Waals surface area contributed by atoms with Crippen LogP contribution in [0.3, 0.4) is 0 Å². The molecule has 1 amide bonds.